The standard InChI is InChI=1S/C22H22N4O2/c1-14-12-26-13-18(11-23-22(26)24-14)19-9-17-4-3-16(10-20(17)28-21(19)27)15-5-7-25(2)8-6-15/h3-4,9-13,15H,5-8H2,1-2H3. The van der Waals surface area contributed by atoms with Gasteiger partial charge in [0, 0.05) is 29.5 Å². The van der Waals surface area contributed by atoms with Crippen LogP contribution in [0.15, 0.2) is 52.1 Å². The number of hydrogen-bond donors (Lipinski definition) is 0. The van der Waals surface area contributed by atoms with Gasteiger partial charge in [-0.1, -0.05) is 12.1 Å². The zero-order valence-electron chi connectivity index (χ0n) is 16.1. The first-order chi connectivity index (χ1) is 13.6. The molecule has 1 saturated heterocycles. The Kier molecular flexibility index (Phi) is 4.02. The Labute approximate surface area is 162 Å². The van der Waals surface area contributed by atoms with Gasteiger partial charge in [0.25, 0.3) is 0 Å². The molecule has 0 atom stereocenters. The van der Waals surface area contributed by atoms with Gasteiger partial charge >= 0.3 is 5.63 Å². The van der Waals surface area contributed by atoms with Crippen LogP contribution in [0.5, 0.6) is 0 Å². The van der Waals surface area contributed by atoms with Crippen LogP contribution in [0.1, 0.15) is 30.0 Å². The maximum atomic E-state index is 12.7. The molecule has 1 aromatic carbocycles. The van der Waals surface area contributed by atoms with E-state index in [1.165, 1.54) is 5.56 Å². The van der Waals surface area contributed by atoms with Gasteiger partial charge in [0.1, 0.15) is 5.58 Å². The number of hydrogen-bond acceptors (Lipinski definition) is 5. The summed E-state index contributed by atoms with van der Waals surface area (Å²) < 4.78 is 7.53. The molecule has 4 heterocycles. The predicted octanol–water partition coefficient (Wildman–Crippen LogP) is 3.62. The van der Waals surface area contributed by atoms with E-state index in [4.69, 9.17) is 4.42 Å². The van der Waals surface area contributed by atoms with E-state index in [1.807, 2.05) is 35.9 Å². The summed E-state index contributed by atoms with van der Waals surface area (Å²) in [5, 5.41) is 0.924. The van der Waals surface area contributed by atoms with Crippen LogP contribution in [0.2, 0.25) is 0 Å². The Morgan fingerprint density at radius 2 is 1.96 bits per heavy atom. The molecule has 0 N–H and O–H groups in total. The molecule has 1 aliphatic rings. The van der Waals surface area contributed by atoms with Crippen molar-refractivity contribution < 1.29 is 4.42 Å². The van der Waals surface area contributed by atoms with Crippen LogP contribution in [0.3, 0.4) is 0 Å². The predicted molar refractivity (Wildman–Crippen MR) is 109 cm³/mol. The lowest BCUT2D eigenvalue weighted by Gasteiger charge is -2.29. The largest absolute Gasteiger partial charge is 0.422 e. The molecule has 0 amide bonds. The molecule has 3 aromatic heterocycles. The molecule has 6 heteroatoms. The SMILES string of the molecule is Cc1cn2cc(-c3cc4ccc(C5CCN(C)CC5)cc4oc3=O)cnc2n1. The number of aryl methyl sites for hydroxylation is 1. The minimum atomic E-state index is -0.342. The highest BCUT2D eigenvalue weighted by atomic mass is 16.4. The number of nitrogens with zero attached hydrogens (tertiary/aromatic N) is 4. The highest BCUT2D eigenvalue weighted by molar-refractivity contribution is 5.82. The Hall–Kier alpha value is -2.99. The molecule has 6 nitrogen and oxygen atoms in total. The van der Waals surface area contributed by atoms with E-state index in [-0.39, 0.29) is 5.63 Å². The molecular formula is C22H22N4O2. The summed E-state index contributed by atoms with van der Waals surface area (Å²) in [6.45, 7) is 4.13. The average Bonchev–Trinajstić information content (AvgIpc) is 3.07. The van der Waals surface area contributed by atoms with E-state index in [9.17, 15) is 4.79 Å². The highest BCUT2D eigenvalue weighted by Gasteiger charge is 2.19. The summed E-state index contributed by atoms with van der Waals surface area (Å²) in [4.78, 5) is 23.7. The molecule has 142 valence electrons. The van der Waals surface area contributed by atoms with Crippen molar-refractivity contribution in [2.45, 2.75) is 25.7 Å². The molecule has 0 bridgehead atoms. The first-order valence-corrected chi connectivity index (χ1v) is 9.65. The molecule has 28 heavy (non-hydrogen) atoms. The minimum Gasteiger partial charge on any atom is -0.422 e. The van der Waals surface area contributed by atoms with Gasteiger partial charge in [-0.3, -0.25) is 4.40 Å². The van der Waals surface area contributed by atoms with Crippen molar-refractivity contribution in [3.8, 4) is 11.1 Å². The first-order valence-electron chi connectivity index (χ1n) is 9.65. The summed E-state index contributed by atoms with van der Waals surface area (Å²) in [7, 11) is 2.16. The van der Waals surface area contributed by atoms with Gasteiger partial charge in [0.05, 0.1) is 11.3 Å². The summed E-state index contributed by atoms with van der Waals surface area (Å²) in [6, 6.07) is 8.16. The van der Waals surface area contributed by atoms with Crippen molar-refractivity contribution in [1.29, 1.82) is 0 Å². The minimum absolute atomic E-state index is 0.342. The third-order valence-corrected chi connectivity index (χ3v) is 5.69. The van der Waals surface area contributed by atoms with E-state index in [1.54, 1.807) is 6.20 Å². The zero-order valence-corrected chi connectivity index (χ0v) is 16.1. The Balaban J connectivity index is 1.54. The van der Waals surface area contributed by atoms with E-state index in [0.717, 1.165) is 42.6 Å². The van der Waals surface area contributed by atoms with Crippen LogP contribution in [0, 0.1) is 6.92 Å². The molecule has 0 aliphatic carbocycles. The number of aromatic nitrogens is 3. The molecule has 0 unspecified atom stereocenters. The summed E-state index contributed by atoms with van der Waals surface area (Å²) in [5.74, 6) is 1.15. The molecule has 5 rings (SSSR count). The number of piperidine rings is 1. The zero-order chi connectivity index (χ0) is 19.3. The molecule has 4 aromatic rings. The Morgan fingerprint density at radius 1 is 1.14 bits per heavy atom. The second-order valence-electron chi connectivity index (χ2n) is 7.75. The molecule has 1 aliphatic heterocycles. The maximum absolute atomic E-state index is 12.7. The normalized spacial score (nSPS) is 16.2. The number of imidazole rings is 1. The van der Waals surface area contributed by atoms with Crippen molar-refractivity contribution in [3.05, 3.63) is 64.5 Å². The lowest BCUT2D eigenvalue weighted by Crippen LogP contribution is -2.29. The van der Waals surface area contributed by atoms with Gasteiger partial charge in [-0.05, 0) is 63.5 Å². The van der Waals surface area contributed by atoms with Crippen molar-refractivity contribution in [2.75, 3.05) is 20.1 Å². The van der Waals surface area contributed by atoms with Crippen molar-refractivity contribution in [3.63, 3.8) is 0 Å². The maximum Gasteiger partial charge on any atom is 0.344 e. The van der Waals surface area contributed by atoms with Crippen LogP contribution >= 0.6 is 0 Å². The van der Waals surface area contributed by atoms with Crippen LogP contribution in [0.4, 0.5) is 0 Å². The highest BCUT2D eigenvalue weighted by Crippen LogP contribution is 2.30. The smallest absolute Gasteiger partial charge is 0.344 e. The second kappa shape index (κ2) is 6.56. The summed E-state index contributed by atoms with van der Waals surface area (Å²) in [5.41, 5.74) is 3.69. The molecule has 0 saturated carbocycles. The summed E-state index contributed by atoms with van der Waals surface area (Å²) >= 11 is 0. The fourth-order valence-corrected chi connectivity index (χ4v) is 4.07. The summed E-state index contributed by atoms with van der Waals surface area (Å²) in [6.07, 6.45) is 7.71. The van der Waals surface area contributed by atoms with Crippen LogP contribution in [-0.4, -0.2) is 39.4 Å². The van der Waals surface area contributed by atoms with Crippen LogP contribution in [0.25, 0.3) is 27.9 Å². The third-order valence-electron chi connectivity index (χ3n) is 5.69. The van der Waals surface area contributed by atoms with Crippen molar-refractivity contribution in [2.24, 2.45) is 0 Å². The van der Waals surface area contributed by atoms with Crippen molar-refractivity contribution >= 4 is 16.7 Å². The lowest BCUT2D eigenvalue weighted by molar-refractivity contribution is 0.255. The quantitative estimate of drug-likeness (QED) is 0.502. The number of fused-ring (bicyclic) bond motifs is 2. The van der Waals surface area contributed by atoms with E-state index < -0.39 is 0 Å². The van der Waals surface area contributed by atoms with Gasteiger partial charge in [-0.25, -0.2) is 14.8 Å². The number of rotatable bonds is 2. The fraction of sp³-hybridized carbons (Fsp3) is 0.318. The van der Waals surface area contributed by atoms with E-state index >= 15 is 0 Å². The molecule has 0 radical (unpaired) electrons. The monoisotopic (exact) mass is 374 g/mol. The average molecular weight is 374 g/mol. The first kappa shape index (κ1) is 17.1. The van der Waals surface area contributed by atoms with E-state index in [2.05, 4.69) is 34.0 Å². The van der Waals surface area contributed by atoms with Crippen LogP contribution < -0.4 is 5.63 Å². The van der Waals surface area contributed by atoms with Gasteiger partial charge in [0.2, 0.25) is 5.78 Å². The van der Waals surface area contributed by atoms with Crippen molar-refractivity contribution in [1.82, 2.24) is 19.3 Å². The topological polar surface area (TPSA) is 63.6 Å². The second-order valence-corrected chi connectivity index (χ2v) is 7.75. The van der Waals surface area contributed by atoms with Gasteiger partial charge in [0.15, 0.2) is 0 Å². The number of likely N-dealkylation sites (tertiary alicyclic amines) is 1. The lowest BCUT2D eigenvalue weighted by atomic mass is 9.89. The molecule has 0 spiro atoms. The van der Waals surface area contributed by atoms with Crippen LogP contribution in [-0.2, 0) is 0 Å². The fourth-order valence-electron chi connectivity index (χ4n) is 4.07. The Morgan fingerprint density at radius 3 is 2.79 bits per heavy atom. The van der Waals surface area contributed by atoms with Gasteiger partial charge < -0.3 is 9.32 Å². The number of benzene rings is 1. The van der Waals surface area contributed by atoms with E-state index in [0.29, 0.717) is 22.8 Å². The van der Waals surface area contributed by atoms with Gasteiger partial charge in [-0.15, -0.1) is 0 Å². The molecular weight excluding hydrogens is 352 g/mol. The molecule has 1 fully saturated rings. The Bertz CT molecular complexity index is 1230. The van der Waals surface area contributed by atoms with Gasteiger partial charge in [-0.2, -0.15) is 0 Å². The third kappa shape index (κ3) is 2.99.